The highest BCUT2D eigenvalue weighted by Gasteiger charge is 2.18. The molecule has 0 bridgehead atoms. The highest BCUT2D eigenvalue weighted by Crippen LogP contribution is 2.30. The molecule has 2 aromatic carbocycles. The van der Waals surface area contributed by atoms with Crippen molar-refractivity contribution < 1.29 is 18.7 Å². The van der Waals surface area contributed by atoms with Gasteiger partial charge in [0.15, 0.2) is 0 Å². The highest BCUT2D eigenvalue weighted by atomic mass is 32.1. The average Bonchev–Trinajstić information content (AvgIpc) is 3.34. The third-order valence-electron chi connectivity index (χ3n) is 4.56. The van der Waals surface area contributed by atoms with Gasteiger partial charge in [-0.15, -0.1) is 11.3 Å². The van der Waals surface area contributed by atoms with Crippen molar-refractivity contribution in [3.8, 4) is 11.4 Å². The fourth-order valence-corrected chi connectivity index (χ4v) is 4.11. The van der Waals surface area contributed by atoms with E-state index in [1.807, 2.05) is 13.8 Å². The van der Waals surface area contributed by atoms with Gasteiger partial charge in [0.25, 0.3) is 11.8 Å². The normalized spacial score (nSPS) is 10.8. The molecule has 158 valence electrons. The van der Waals surface area contributed by atoms with E-state index in [0.717, 1.165) is 15.9 Å². The highest BCUT2D eigenvalue weighted by molar-refractivity contribution is 7.20. The molecule has 2 aromatic heterocycles. The Morgan fingerprint density at radius 3 is 2.42 bits per heavy atom. The number of halogens is 1. The quantitative estimate of drug-likeness (QED) is 0.461. The van der Waals surface area contributed by atoms with E-state index in [1.54, 1.807) is 47.1 Å². The number of hydrogen-bond donors (Lipinski definition) is 2. The Balaban J connectivity index is 1.48. The molecule has 0 atom stereocenters. The summed E-state index contributed by atoms with van der Waals surface area (Å²) in [5.41, 5.74) is 6.68. The Morgan fingerprint density at radius 2 is 1.74 bits per heavy atom. The van der Waals surface area contributed by atoms with Gasteiger partial charge < -0.3 is 4.74 Å². The first-order chi connectivity index (χ1) is 15.0. The molecule has 0 unspecified atom stereocenters. The molecule has 4 rings (SSSR count). The van der Waals surface area contributed by atoms with E-state index in [0.29, 0.717) is 28.5 Å². The van der Waals surface area contributed by atoms with Crippen molar-refractivity contribution in [1.82, 2.24) is 20.6 Å². The van der Waals surface area contributed by atoms with Gasteiger partial charge in [-0.1, -0.05) is 0 Å². The fraction of sp³-hybridized carbons (Fsp3) is 0.136. The number of nitrogens with zero attached hydrogens (tertiary/aromatic N) is 2. The summed E-state index contributed by atoms with van der Waals surface area (Å²) in [6, 6.07) is 14.3. The van der Waals surface area contributed by atoms with Crippen LogP contribution in [0.25, 0.3) is 15.9 Å². The van der Waals surface area contributed by atoms with Crippen LogP contribution in [0.15, 0.2) is 54.6 Å². The Morgan fingerprint density at radius 1 is 1.06 bits per heavy atom. The minimum absolute atomic E-state index is 0.335. The van der Waals surface area contributed by atoms with E-state index in [4.69, 9.17) is 4.74 Å². The molecule has 2 N–H and O–H groups in total. The summed E-state index contributed by atoms with van der Waals surface area (Å²) >= 11 is 1.23. The van der Waals surface area contributed by atoms with Crippen LogP contribution in [0.3, 0.4) is 0 Å². The van der Waals surface area contributed by atoms with E-state index < -0.39 is 11.8 Å². The van der Waals surface area contributed by atoms with Gasteiger partial charge in [-0.2, -0.15) is 5.10 Å². The van der Waals surface area contributed by atoms with Crippen molar-refractivity contribution in [2.45, 2.75) is 13.8 Å². The maximum Gasteiger partial charge on any atom is 0.279 e. The van der Waals surface area contributed by atoms with Gasteiger partial charge in [0.2, 0.25) is 0 Å². The lowest BCUT2D eigenvalue weighted by Crippen LogP contribution is -2.41. The predicted octanol–water partition coefficient (Wildman–Crippen LogP) is 4.01. The molecule has 9 heteroatoms. The minimum atomic E-state index is -0.439. The molecular formula is C22H19FN4O3S. The Kier molecular flexibility index (Phi) is 5.68. The molecule has 0 saturated carbocycles. The second-order valence-electron chi connectivity index (χ2n) is 6.67. The van der Waals surface area contributed by atoms with E-state index in [2.05, 4.69) is 16.0 Å². The molecule has 31 heavy (non-hydrogen) atoms. The largest absolute Gasteiger partial charge is 0.494 e. The van der Waals surface area contributed by atoms with Gasteiger partial charge >= 0.3 is 0 Å². The fourth-order valence-electron chi connectivity index (χ4n) is 3.03. The minimum Gasteiger partial charge on any atom is -0.494 e. The van der Waals surface area contributed by atoms with Crippen molar-refractivity contribution in [2.75, 3.05) is 6.61 Å². The monoisotopic (exact) mass is 438 g/mol. The molecular weight excluding hydrogens is 419 g/mol. The molecule has 4 aromatic rings. The molecule has 2 amide bonds. The smallest absolute Gasteiger partial charge is 0.279 e. The molecule has 0 aliphatic rings. The second kappa shape index (κ2) is 8.57. The standard InChI is InChI=1S/C22H19FN4O3S/c1-3-30-17-10-4-14(5-11-17)20(28)24-25-21(29)19-12-18-13(2)26-27(22(18)31-19)16-8-6-15(23)7-9-16/h4-12H,3H2,1-2H3,(H,24,28)(H,25,29). The summed E-state index contributed by atoms with van der Waals surface area (Å²) < 4.78 is 20.3. The van der Waals surface area contributed by atoms with Gasteiger partial charge in [0.05, 0.1) is 22.9 Å². The van der Waals surface area contributed by atoms with Crippen LogP contribution in [-0.2, 0) is 0 Å². The first kappa shape index (κ1) is 20.5. The number of benzene rings is 2. The zero-order valence-electron chi connectivity index (χ0n) is 16.8. The van der Waals surface area contributed by atoms with Crippen LogP contribution in [0.5, 0.6) is 5.75 Å². The Hall–Kier alpha value is -3.72. The van der Waals surface area contributed by atoms with Crippen molar-refractivity contribution in [2.24, 2.45) is 0 Å². The van der Waals surface area contributed by atoms with E-state index >= 15 is 0 Å². The van der Waals surface area contributed by atoms with Gasteiger partial charge in [0.1, 0.15) is 16.4 Å². The lowest BCUT2D eigenvalue weighted by Gasteiger charge is -2.07. The molecule has 0 spiro atoms. The number of carbonyl (C=O) groups is 2. The van der Waals surface area contributed by atoms with E-state index in [-0.39, 0.29) is 5.82 Å². The number of aryl methyl sites for hydroxylation is 1. The molecule has 7 nitrogen and oxygen atoms in total. The van der Waals surface area contributed by atoms with Crippen molar-refractivity contribution in [3.63, 3.8) is 0 Å². The van der Waals surface area contributed by atoms with Gasteiger partial charge in [0, 0.05) is 10.9 Å². The zero-order chi connectivity index (χ0) is 22.0. The Labute approximate surface area is 181 Å². The molecule has 0 fully saturated rings. The van der Waals surface area contributed by atoms with E-state index in [1.165, 1.54) is 23.5 Å². The molecule has 0 radical (unpaired) electrons. The summed E-state index contributed by atoms with van der Waals surface area (Å²) in [5, 5.41) is 5.29. The number of hydrogen-bond acceptors (Lipinski definition) is 5. The topological polar surface area (TPSA) is 85.2 Å². The van der Waals surface area contributed by atoms with Gasteiger partial charge in [-0.25, -0.2) is 9.07 Å². The lowest BCUT2D eigenvalue weighted by molar-refractivity contribution is 0.0849. The lowest BCUT2D eigenvalue weighted by atomic mass is 10.2. The molecule has 0 aliphatic carbocycles. The van der Waals surface area contributed by atoms with Crippen LogP contribution in [-0.4, -0.2) is 28.2 Å². The third kappa shape index (κ3) is 4.26. The first-order valence-electron chi connectivity index (χ1n) is 9.55. The number of aromatic nitrogens is 2. The van der Waals surface area contributed by atoms with Crippen LogP contribution in [0.2, 0.25) is 0 Å². The summed E-state index contributed by atoms with van der Waals surface area (Å²) in [5.74, 6) is -0.547. The van der Waals surface area contributed by atoms with Crippen LogP contribution < -0.4 is 15.6 Å². The van der Waals surface area contributed by atoms with Crippen molar-refractivity contribution in [3.05, 3.63) is 76.5 Å². The molecule has 0 saturated heterocycles. The van der Waals surface area contributed by atoms with Gasteiger partial charge in [-0.05, 0) is 68.4 Å². The van der Waals surface area contributed by atoms with Crippen LogP contribution in [0, 0.1) is 12.7 Å². The number of amides is 2. The van der Waals surface area contributed by atoms with Crippen molar-refractivity contribution in [1.29, 1.82) is 0 Å². The van der Waals surface area contributed by atoms with Crippen LogP contribution in [0.1, 0.15) is 32.6 Å². The number of nitrogens with one attached hydrogen (secondary N) is 2. The number of carbonyl (C=O) groups excluding carboxylic acids is 2. The van der Waals surface area contributed by atoms with Crippen LogP contribution in [0.4, 0.5) is 4.39 Å². The predicted molar refractivity (Wildman–Crippen MR) is 116 cm³/mol. The van der Waals surface area contributed by atoms with Gasteiger partial charge in [-0.3, -0.25) is 20.4 Å². The Bertz CT molecular complexity index is 1250. The van der Waals surface area contributed by atoms with Crippen LogP contribution >= 0.6 is 11.3 Å². The summed E-state index contributed by atoms with van der Waals surface area (Å²) in [6.07, 6.45) is 0. The van der Waals surface area contributed by atoms with Crippen molar-refractivity contribution >= 4 is 33.4 Å². The summed E-state index contributed by atoms with van der Waals surface area (Å²) in [4.78, 5) is 26.0. The SMILES string of the molecule is CCOc1ccc(C(=O)NNC(=O)c2cc3c(C)nn(-c4ccc(F)cc4)c3s2)cc1. The second-order valence-corrected chi connectivity index (χ2v) is 7.70. The maximum atomic E-state index is 13.2. The first-order valence-corrected chi connectivity index (χ1v) is 10.4. The number of thiophene rings is 1. The third-order valence-corrected chi connectivity index (χ3v) is 5.67. The number of rotatable bonds is 5. The molecule has 0 aliphatic heterocycles. The zero-order valence-corrected chi connectivity index (χ0v) is 17.6. The van der Waals surface area contributed by atoms with E-state index in [9.17, 15) is 14.0 Å². The molecule has 2 heterocycles. The maximum absolute atomic E-state index is 13.2. The number of hydrazine groups is 1. The summed E-state index contributed by atoms with van der Waals surface area (Å²) in [6.45, 7) is 4.25. The average molecular weight is 438 g/mol. The summed E-state index contributed by atoms with van der Waals surface area (Å²) in [7, 11) is 0. The number of fused-ring (bicyclic) bond motifs is 1. The number of ether oxygens (including phenoxy) is 1.